The number of fused-ring (bicyclic) bond motifs is 1. The van der Waals surface area contributed by atoms with Gasteiger partial charge < -0.3 is 5.11 Å². The second kappa shape index (κ2) is 3.58. The summed E-state index contributed by atoms with van der Waals surface area (Å²) in [5.41, 5.74) is 1.26. The number of benzene rings is 1. The van der Waals surface area contributed by atoms with Crippen LogP contribution < -0.4 is 0 Å². The molecule has 1 heterocycles. The Kier molecular flexibility index (Phi) is 2.42. The Labute approximate surface area is 90.0 Å². The molecule has 0 atom stereocenters. The first kappa shape index (κ1) is 9.47. The van der Waals surface area contributed by atoms with Gasteiger partial charge in [0.25, 0.3) is 0 Å². The quantitative estimate of drug-likeness (QED) is 0.808. The Hall–Kier alpha value is -1.08. The van der Waals surface area contributed by atoms with Crippen LogP contribution in [0.4, 0.5) is 0 Å². The van der Waals surface area contributed by atoms with Gasteiger partial charge in [-0.2, -0.15) is 5.26 Å². The molecule has 0 unspecified atom stereocenters. The summed E-state index contributed by atoms with van der Waals surface area (Å²) in [7, 11) is 0. The first-order valence-corrected chi connectivity index (χ1v) is 5.23. The van der Waals surface area contributed by atoms with Crippen LogP contribution in [0.5, 0.6) is 0 Å². The minimum Gasteiger partial charge on any atom is -0.392 e. The maximum atomic E-state index is 9.11. The van der Waals surface area contributed by atoms with Crippen molar-refractivity contribution >= 4 is 33.0 Å². The largest absolute Gasteiger partial charge is 0.392 e. The number of nitriles is 1. The van der Waals surface area contributed by atoms with Crippen LogP contribution in [0.15, 0.2) is 17.5 Å². The third-order valence-electron chi connectivity index (χ3n) is 2.06. The van der Waals surface area contributed by atoms with Gasteiger partial charge in [-0.15, -0.1) is 11.3 Å². The van der Waals surface area contributed by atoms with Crippen LogP contribution in [0.2, 0.25) is 5.02 Å². The fourth-order valence-electron chi connectivity index (χ4n) is 1.40. The molecule has 0 aliphatic carbocycles. The number of aliphatic hydroxyl groups excluding tert-OH is 1. The second-order valence-electron chi connectivity index (χ2n) is 2.83. The number of thiophene rings is 1. The lowest BCUT2D eigenvalue weighted by molar-refractivity contribution is 0.283. The fourth-order valence-corrected chi connectivity index (χ4v) is 2.67. The number of rotatable bonds is 1. The molecule has 2 rings (SSSR count). The summed E-state index contributed by atoms with van der Waals surface area (Å²) in [6.07, 6.45) is 0. The van der Waals surface area contributed by atoms with Crippen molar-refractivity contribution in [3.05, 3.63) is 33.7 Å². The van der Waals surface area contributed by atoms with Gasteiger partial charge in [-0.05, 0) is 28.5 Å². The zero-order valence-electron chi connectivity index (χ0n) is 7.12. The van der Waals surface area contributed by atoms with Crippen molar-refractivity contribution in [2.24, 2.45) is 0 Å². The minimum absolute atomic E-state index is 0.0569. The lowest BCUT2D eigenvalue weighted by Crippen LogP contribution is -1.87. The first-order chi connectivity index (χ1) is 6.77. The smallest absolute Gasteiger partial charge is 0.102 e. The Balaban J connectivity index is 2.90. The fraction of sp³-hybridized carbons (Fsp3) is 0.100. The molecule has 0 spiro atoms. The van der Waals surface area contributed by atoms with Gasteiger partial charge in [0.2, 0.25) is 0 Å². The maximum absolute atomic E-state index is 9.11. The van der Waals surface area contributed by atoms with Gasteiger partial charge in [-0.1, -0.05) is 11.6 Å². The highest BCUT2D eigenvalue weighted by molar-refractivity contribution is 7.17. The molecule has 0 saturated carbocycles. The van der Waals surface area contributed by atoms with E-state index in [-0.39, 0.29) is 6.61 Å². The van der Waals surface area contributed by atoms with Crippen LogP contribution >= 0.6 is 22.9 Å². The zero-order valence-corrected chi connectivity index (χ0v) is 8.69. The Bertz CT molecular complexity index is 527. The molecule has 0 amide bonds. The van der Waals surface area contributed by atoms with Crippen molar-refractivity contribution in [2.45, 2.75) is 6.61 Å². The zero-order chi connectivity index (χ0) is 10.1. The summed E-state index contributed by atoms with van der Waals surface area (Å²) in [4.78, 5) is 0. The van der Waals surface area contributed by atoms with Gasteiger partial charge in [0, 0.05) is 0 Å². The predicted octanol–water partition coefficient (Wildman–Crippen LogP) is 2.92. The van der Waals surface area contributed by atoms with E-state index in [2.05, 4.69) is 6.07 Å². The normalized spacial score (nSPS) is 10.4. The second-order valence-corrected chi connectivity index (χ2v) is 4.15. The number of aliphatic hydroxyl groups is 1. The van der Waals surface area contributed by atoms with Gasteiger partial charge in [0.15, 0.2) is 0 Å². The summed E-state index contributed by atoms with van der Waals surface area (Å²) in [6.45, 7) is -0.0569. The van der Waals surface area contributed by atoms with Crippen molar-refractivity contribution < 1.29 is 5.11 Å². The molecule has 70 valence electrons. The molecule has 2 aromatic rings. The lowest BCUT2D eigenvalue weighted by Gasteiger charge is -2.02. The molecule has 0 radical (unpaired) electrons. The summed E-state index contributed by atoms with van der Waals surface area (Å²) in [5.74, 6) is 0. The summed E-state index contributed by atoms with van der Waals surface area (Å²) in [5, 5.41) is 21.2. The molecule has 0 fully saturated rings. The van der Waals surface area contributed by atoms with E-state index < -0.39 is 0 Å². The van der Waals surface area contributed by atoms with Crippen LogP contribution in [-0.4, -0.2) is 5.11 Å². The molecule has 1 aromatic carbocycles. The molecule has 0 saturated heterocycles. The molecule has 0 aliphatic heterocycles. The van der Waals surface area contributed by atoms with Gasteiger partial charge in [-0.25, -0.2) is 0 Å². The molecule has 14 heavy (non-hydrogen) atoms. The van der Waals surface area contributed by atoms with Crippen molar-refractivity contribution in [3.63, 3.8) is 0 Å². The Morgan fingerprint density at radius 2 is 2.36 bits per heavy atom. The maximum Gasteiger partial charge on any atom is 0.102 e. The number of hydrogen-bond donors (Lipinski definition) is 1. The van der Waals surface area contributed by atoms with E-state index in [0.29, 0.717) is 10.6 Å². The molecule has 0 bridgehead atoms. The third kappa shape index (κ3) is 1.28. The third-order valence-corrected chi connectivity index (χ3v) is 3.29. The predicted molar refractivity (Wildman–Crippen MR) is 57.5 cm³/mol. The highest BCUT2D eigenvalue weighted by Gasteiger charge is 2.10. The topological polar surface area (TPSA) is 44.0 Å². The van der Waals surface area contributed by atoms with Crippen molar-refractivity contribution in [2.75, 3.05) is 0 Å². The lowest BCUT2D eigenvalue weighted by atomic mass is 10.1. The Morgan fingerprint density at radius 3 is 3.00 bits per heavy atom. The van der Waals surface area contributed by atoms with E-state index in [1.165, 1.54) is 11.3 Å². The van der Waals surface area contributed by atoms with Crippen LogP contribution in [-0.2, 0) is 6.61 Å². The highest BCUT2D eigenvalue weighted by atomic mass is 35.5. The van der Waals surface area contributed by atoms with E-state index >= 15 is 0 Å². The average molecular weight is 224 g/mol. The van der Waals surface area contributed by atoms with Gasteiger partial charge in [-0.3, -0.25) is 0 Å². The molecule has 1 N–H and O–H groups in total. The van der Waals surface area contributed by atoms with Gasteiger partial charge in [0.05, 0.1) is 21.9 Å². The highest BCUT2D eigenvalue weighted by Crippen LogP contribution is 2.32. The molecular weight excluding hydrogens is 218 g/mol. The van der Waals surface area contributed by atoms with E-state index in [4.69, 9.17) is 22.0 Å². The van der Waals surface area contributed by atoms with Crippen LogP contribution in [0, 0.1) is 11.3 Å². The summed E-state index contributed by atoms with van der Waals surface area (Å²) in [6, 6.07) is 5.61. The standard InChI is InChI=1S/C10H6ClNOS/c11-9-3-6(5-13)7-1-2-14-10(7)8(9)4-12/h1-3,13H,5H2. The van der Waals surface area contributed by atoms with Gasteiger partial charge in [0.1, 0.15) is 6.07 Å². The molecular formula is C10H6ClNOS. The molecule has 1 aromatic heterocycles. The minimum atomic E-state index is -0.0569. The summed E-state index contributed by atoms with van der Waals surface area (Å²) >= 11 is 7.38. The monoisotopic (exact) mass is 223 g/mol. The van der Waals surface area contributed by atoms with Crippen LogP contribution in [0.1, 0.15) is 11.1 Å². The molecule has 2 nitrogen and oxygen atoms in total. The summed E-state index contributed by atoms with van der Waals surface area (Å²) < 4.78 is 0.851. The van der Waals surface area contributed by atoms with Crippen LogP contribution in [0.25, 0.3) is 10.1 Å². The van der Waals surface area contributed by atoms with E-state index in [0.717, 1.165) is 15.6 Å². The number of hydrogen-bond acceptors (Lipinski definition) is 3. The molecule has 4 heteroatoms. The first-order valence-electron chi connectivity index (χ1n) is 3.97. The number of halogens is 1. The number of nitrogens with zero attached hydrogens (tertiary/aromatic N) is 1. The molecule has 0 aliphatic rings. The van der Waals surface area contributed by atoms with E-state index in [1.807, 2.05) is 11.4 Å². The van der Waals surface area contributed by atoms with Crippen molar-refractivity contribution in [1.29, 1.82) is 5.26 Å². The van der Waals surface area contributed by atoms with Crippen molar-refractivity contribution in [3.8, 4) is 6.07 Å². The SMILES string of the molecule is N#Cc1c(Cl)cc(CO)c2ccsc12. The Morgan fingerprint density at radius 1 is 1.57 bits per heavy atom. The van der Waals surface area contributed by atoms with Gasteiger partial charge >= 0.3 is 0 Å². The van der Waals surface area contributed by atoms with Crippen LogP contribution in [0.3, 0.4) is 0 Å². The van der Waals surface area contributed by atoms with Crippen molar-refractivity contribution in [1.82, 2.24) is 0 Å². The van der Waals surface area contributed by atoms with E-state index in [9.17, 15) is 0 Å². The van der Waals surface area contributed by atoms with E-state index in [1.54, 1.807) is 6.07 Å². The average Bonchev–Trinajstić information content (AvgIpc) is 2.65.